The van der Waals surface area contributed by atoms with E-state index in [1.165, 1.54) is 12.8 Å². The van der Waals surface area contributed by atoms with Crippen molar-refractivity contribution in [1.29, 1.82) is 0 Å². The largest absolute Gasteiger partial charge is 0.396 e. The molecule has 1 nitrogen and oxygen atoms in total. The van der Waals surface area contributed by atoms with Crippen LogP contribution in [0.3, 0.4) is 0 Å². The van der Waals surface area contributed by atoms with E-state index in [1.807, 2.05) is 13.8 Å². The number of aliphatic hydroxyl groups excluding tert-OH is 1. The summed E-state index contributed by atoms with van der Waals surface area (Å²) in [5, 5.41) is 9.21. The lowest BCUT2D eigenvalue weighted by molar-refractivity contribution is 0.230. The Morgan fingerprint density at radius 3 is 2.20 bits per heavy atom. The molecule has 2 heteroatoms. The molecule has 2 atom stereocenters. The molecule has 1 N–H and O–H groups in total. The highest BCUT2D eigenvalue weighted by atomic mass is 32.1. The third-order valence-corrected chi connectivity index (χ3v) is 2.24. The molecule has 0 spiro atoms. The molecular formula is C8H18OS. The Labute approximate surface area is 69.2 Å². The van der Waals surface area contributed by atoms with Crippen molar-refractivity contribution in [2.45, 2.75) is 38.4 Å². The minimum absolute atomic E-state index is 0.358. The van der Waals surface area contributed by atoms with Crippen LogP contribution in [0.2, 0.25) is 0 Å². The molecule has 0 aromatic heterocycles. The number of aliphatic hydroxyl groups is 1. The molecule has 0 bridgehead atoms. The van der Waals surface area contributed by atoms with Crippen LogP contribution in [0.4, 0.5) is 0 Å². The van der Waals surface area contributed by atoms with Crippen LogP contribution in [0.25, 0.3) is 0 Å². The molecule has 1 rings (SSSR count). The molecule has 1 fully saturated rings. The molecule has 0 heterocycles. The number of rotatable bonds is 1. The highest BCUT2D eigenvalue weighted by Crippen LogP contribution is 2.28. The van der Waals surface area contributed by atoms with Crippen molar-refractivity contribution in [3.8, 4) is 0 Å². The first-order chi connectivity index (χ1) is 4.83. The van der Waals surface area contributed by atoms with Gasteiger partial charge in [-0.3, -0.25) is 0 Å². The molecule has 1 saturated carbocycles. The standard InChI is InChI=1S/C6H12OS.C2H6/c7-4-5-1-2-6(8)3-5;1-2/h5-8H,1-4H2;1-2H3. The Morgan fingerprint density at radius 1 is 1.40 bits per heavy atom. The van der Waals surface area contributed by atoms with Crippen LogP contribution in [0.5, 0.6) is 0 Å². The van der Waals surface area contributed by atoms with E-state index < -0.39 is 0 Å². The van der Waals surface area contributed by atoms with Crippen LogP contribution in [-0.4, -0.2) is 17.0 Å². The van der Waals surface area contributed by atoms with E-state index in [4.69, 9.17) is 5.11 Å². The van der Waals surface area contributed by atoms with Gasteiger partial charge in [0.05, 0.1) is 0 Å². The van der Waals surface area contributed by atoms with Crippen molar-refractivity contribution in [2.24, 2.45) is 5.92 Å². The van der Waals surface area contributed by atoms with Crippen LogP contribution in [-0.2, 0) is 0 Å². The molecule has 0 radical (unpaired) electrons. The summed E-state index contributed by atoms with van der Waals surface area (Å²) < 4.78 is 0. The van der Waals surface area contributed by atoms with Crippen molar-refractivity contribution in [1.82, 2.24) is 0 Å². The van der Waals surface area contributed by atoms with Gasteiger partial charge in [0.15, 0.2) is 0 Å². The van der Waals surface area contributed by atoms with E-state index in [9.17, 15) is 0 Å². The van der Waals surface area contributed by atoms with Crippen molar-refractivity contribution in [3.05, 3.63) is 0 Å². The average molecular weight is 162 g/mol. The average Bonchev–Trinajstić information content (AvgIpc) is 2.40. The summed E-state index contributed by atoms with van der Waals surface area (Å²) in [7, 11) is 0. The van der Waals surface area contributed by atoms with E-state index in [2.05, 4.69) is 12.6 Å². The summed E-state index contributed by atoms with van der Waals surface area (Å²) in [6.45, 7) is 4.36. The van der Waals surface area contributed by atoms with Crippen molar-refractivity contribution in [3.63, 3.8) is 0 Å². The summed E-state index contributed by atoms with van der Waals surface area (Å²) in [6.07, 6.45) is 3.47. The van der Waals surface area contributed by atoms with Crippen molar-refractivity contribution >= 4 is 12.6 Å². The van der Waals surface area contributed by atoms with E-state index in [-0.39, 0.29) is 0 Å². The zero-order valence-electron chi connectivity index (χ0n) is 6.88. The SMILES string of the molecule is CC.OCC1CCC(S)C1. The monoisotopic (exact) mass is 162 g/mol. The second kappa shape index (κ2) is 6.05. The Bertz CT molecular complexity index is 75.7. The molecule has 0 saturated heterocycles. The highest BCUT2D eigenvalue weighted by molar-refractivity contribution is 7.80. The lowest BCUT2D eigenvalue weighted by Gasteiger charge is -2.00. The minimum atomic E-state index is 0.358. The summed E-state index contributed by atoms with van der Waals surface area (Å²) in [6, 6.07) is 0. The maximum Gasteiger partial charge on any atom is 0.0459 e. The van der Waals surface area contributed by atoms with Gasteiger partial charge < -0.3 is 5.11 Å². The van der Waals surface area contributed by atoms with Gasteiger partial charge in [-0.25, -0.2) is 0 Å². The number of thiol groups is 1. The molecule has 62 valence electrons. The smallest absolute Gasteiger partial charge is 0.0459 e. The maximum absolute atomic E-state index is 8.65. The fourth-order valence-electron chi connectivity index (χ4n) is 1.21. The van der Waals surface area contributed by atoms with Gasteiger partial charge in [0.25, 0.3) is 0 Å². The fraction of sp³-hybridized carbons (Fsp3) is 1.00. The Morgan fingerprint density at radius 2 is 2.00 bits per heavy atom. The normalized spacial score (nSPS) is 31.2. The molecular weight excluding hydrogens is 144 g/mol. The van der Waals surface area contributed by atoms with Gasteiger partial charge in [-0.15, -0.1) is 0 Å². The van der Waals surface area contributed by atoms with Crippen LogP contribution in [0.1, 0.15) is 33.1 Å². The Balaban J connectivity index is 0.000000371. The molecule has 10 heavy (non-hydrogen) atoms. The van der Waals surface area contributed by atoms with Gasteiger partial charge in [-0.2, -0.15) is 12.6 Å². The first-order valence-corrected chi connectivity index (χ1v) is 4.63. The lowest BCUT2D eigenvalue weighted by atomic mass is 10.1. The van der Waals surface area contributed by atoms with Gasteiger partial charge in [0, 0.05) is 11.9 Å². The number of hydrogen-bond donors (Lipinski definition) is 2. The predicted molar refractivity (Wildman–Crippen MR) is 48.5 cm³/mol. The Hall–Kier alpha value is 0.310. The number of hydrogen-bond acceptors (Lipinski definition) is 2. The van der Waals surface area contributed by atoms with E-state index in [1.54, 1.807) is 0 Å². The molecule has 0 aliphatic heterocycles. The summed E-state index contributed by atoms with van der Waals surface area (Å²) in [5.74, 6) is 0.553. The Kier molecular flexibility index (Phi) is 6.24. The first kappa shape index (κ1) is 10.3. The molecule has 2 unspecified atom stereocenters. The highest BCUT2D eigenvalue weighted by Gasteiger charge is 2.20. The van der Waals surface area contributed by atoms with Crippen LogP contribution < -0.4 is 0 Å². The molecule has 1 aliphatic rings. The van der Waals surface area contributed by atoms with Crippen LogP contribution in [0, 0.1) is 5.92 Å². The zero-order valence-corrected chi connectivity index (χ0v) is 7.77. The van der Waals surface area contributed by atoms with Gasteiger partial charge in [-0.05, 0) is 25.2 Å². The van der Waals surface area contributed by atoms with Gasteiger partial charge >= 0.3 is 0 Å². The van der Waals surface area contributed by atoms with Crippen molar-refractivity contribution in [2.75, 3.05) is 6.61 Å². The predicted octanol–water partition coefficient (Wildman–Crippen LogP) is 2.10. The van der Waals surface area contributed by atoms with Crippen LogP contribution in [0.15, 0.2) is 0 Å². The third kappa shape index (κ3) is 3.47. The van der Waals surface area contributed by atoms with Crippen LogP contribution >= 0.6 is 12.6 Å². The van der Waals surface area contributed by atoms with E-state index in [0.29, 0.717) is 17.8 Å². The second-order valence-electron chi connectivity index (χ2n) is 2.52. The quantitative estimate of drug-likeness (QED) is 0.566. The second-order valence-corrected chi connectivity index (χ2v) is 3.25. The fourth-order valence-corrected chi connectivity index (χ4v) is 1.66. The first-order valence-electron chi connectivity index (χ1n) is 4.12. The molecule has 0 aromatic carbocycles. The van der Waals surface area contributed by atoms with Gasteiger partial charge in [-0.1, -0.05) is 13.8 Å². The lowest BCUT2D eigenvalue weighted by Crippen LogP contribution is -1.99. The summed E-state index contributed by atoms with van der Waals surface area (Å²) >= 11 is 4.29. The molecule has 0 aromatic rings. The topological polar surface area (TPSA) is 20.2 Å². The summed E-state index contributed by atoms with van der Waals surface area (Å²) in [5.41, 5.74) is 0. The van der Waals surface area contributed by atoms with Gasteiger partial charge in [0.2, 0.25) is 0 Å². The maximum atomic E-state index is 8.65. The van der Waals surface area contributed by atoms with E-state index >= 15 is 0 Å². The molecule has 1 aliphatic carbocycles. The summed E-state index contributed by atoms with van der Waals surface area (Å²) in [4.78, 5) is 0. The van der Waals surface area contributed by atoms with Crippen molar-refractivity contribution < 1.29 is 5.11 Å². The minimum Gasteiger partial charge on any atom is -0.396 e. The van der Waals surface area contributed by atoms with E-state index in [0.717, 1.165) is 6.42 Å². The van der Waals surface area contributed by atoms with Gasteiger partial charge in [0.1, 0.15) is 0 Å². The zero-order chi connectivity index (χ0) is 7.98. The third-order valence-electron chi connectivity index (χ3n) is 1.77. The molecule has 0 amide bonds.